The molecule has 26 heavy (non-hydrogen) atoms. The van der Waals surface area contributed by atoms with Gasteiger partial charge in [-0.2, -0.15) is 0 Å². The van der Waals surface area contributed by atoms with Crippen molar-refractivity contribution in [2.45, 2.75) is 26.3 Å². The van der Waals surface area contributed by atoms with Crippen molar-refractivity contribution in [3.05, 3.63) is 17.7 Å². The lowest BCUT2D eigenvalue weighted by Gasteiger charge is -2.26. The molecule has 0 bridgehead atoms. The molecule has 0 aliphatic rings. The molecule has 1 atom stereocenters. The van der Waals surface area contributed by atoms with E-state index >= 15 is 0 Å². The van der Waals surface area contributed by atoms with E-state index in [2.05, 4.69) is 24.5 Å². The van der Waals surface area contributed by atoms with Gasteiger partial charge < -0.3 is 29.7 Å². The van der Waals surface area contributed by atoms with Crippen molar-refractivity contribution in [2.75, 3.05) is 48.5 Å². The summed E-state index contributed by atoms with van der Waals surface area (Å²) in [6.45, 7) is 5.39. The van der Waals surface area contributed by atoms with Crippen LogP contribution in [0.4, 0.5) is 4.79 Å². The minimum absolute atomic E-state index is 0.0421. The number of nitrogens with zero attached hydrogens (tertiary/aromatic N) is 1. The molecule has 1 aromatic rings. The standard InChI is InChI=1S/C19H33N3O4/c1-13(2)8-9-20-19(23)21-12-15(22(3)4)14-10-16(24-5)18(26-7)17(11-14)25-6/h10-11,13,15H,8-9,12H2,1-7H3,(H2,20,21,23). The molecule has 0 aliphatic heterocycles. The van der Waals surface area contributed by atoms with Crippen molar-refractivity contribution < 1.29 is 19.0 Å². The number of rotatable bonds is 10. The summed E-state index contributed by atoms with van der Waals surface area (Å²) in [7, 11) is 8.68. The van der Waals surface area contributed by atoms with E-state index in [1.165, 1.54) is 0 Å². The van der Waals surface area contributed by atoms with Crippen LogP contribution in [0.2, 0.25) is 0 Å². The van der Waals surface area contributed by atoms with Gasteiger partial charge in [-0.1, -0.05) is 13.8 Å². The van der Waals surface area contributed by atoms with Gasteiger partial charge in [0, 0.05) is 13.1 Å². The van der Waals surface area contributed by atoms with Crippen molar-refractivity contribution in [1.82, 2.24) is 15.5 Å². The lowest BCUT2D eigenvalue weighted by atomic mass is 10.0. The maximum Gasteiger partial charge on any atom is 0.314 e. The molecule has 2 amide bonds. The zero-order valence-electron chi connectivity index (χ0n) is 17.0. The van der Waals surface area contributed by atoms with Crippen LogP contribution in [-0.2, 0) is 0 Å². The lowest BCUT2D eigenvalue weighted by Crippen LogP contribution is -2.41. The molecule has 0 heterocycles. The van der Waals surface area contributed by atoms with Crippen molar-refractivity contribution in [1.29, 1.82) is 0 Å². The number of likely N-dealkylation sites (N-methyl/N-ethyl adjacent to an activating group) is 1. The normalized spacial score (nSPS) is 12.0. The van der Waals surface area contributed by atoms with E-state index < -0.39 is 0 Å². The Morgan fingerprint density at radius 3 is 2.04 bits per heavy atom. The Hall–Kier alpha value is -2.15. The zero-order chi connectivity index (χ0) is 19.7. The van der Waals surface area contributed by atoms with Gasteiger partial charge in [-0.25, -0.2) is 4.79 Å². The van der Waals surface area contributed by atoms with Gasteiger partial charge in [0.15, 0.2) is 11.5 Å². The molecule has 1 unspecified atom stereocenters. The third kappa shape index (κ3) is 6.29. The number of benzene rings is 1. The number of amides is 2. The van der Waals surface area contributed by atoms with Crippen LogP contribution >= 0.6 is 0 Å². The summed E-state index contributed by atoms with van der Waals surface area (Å²) in [6, 6.07) is 3.61. The van der Waals surface area contributed by atoms with Gasteiger partial charge in [-0.3, -0.25) is 0 Å². The van der Waals surface area contributed by atoms with Gasteiger partial charge in [0.2, 0.25) is 5.75 Å². The highest BCUT2D eigenvalue weighted by Crippen LogP contribution is 2.40. The highest BCUT2D eigenvalue weighted by atomic mass is 16.5. The molecule has 0 fully saturated rings. The molecule has 1 aromatic carbocycles. The van der Waals surface area contributed by atoms with E-state index in [4.69, 9.17) is 14.2 Å². The van der Waals surface area contributed by atoms with Gasteiger partial charge in [0.25, 0.3) is 0 Å². The molecular formula is C19H33N3O4. The van der Waals surface area contributed by atoms with Crippen LogP contribution in [0.5, 0.6) is 17.2 Å². The van der Waals surface area contributed by atoms with E-state index in [1.807, 2.05) is 31.1 Å². The Bertz CT molecular complexity index is 551. The van der Waals surface area contributed by atoms with Crippen molar-refractivity contribution in [3.8, 4) is 17.2 Å². The Morgan fingerprint density at radius 1 is 1.04 bits per heavy atom. The van der Waals surface area contributed by atoms with E-state index in [0.29, 0.717) is 36.3 Å². The van der Waals surface area contributed by atoms with Gasteiger partial charge in [0.1, 0.15) is 0 Å². The van der Waals surface area contributed by atoms with Gasteiger partial charge in [-0.05, 0) is 44.1 Å². The maximum absolute atomic E-state index is 12.0. The minimum atomic E-state index is -0.162. The lowest BCUT2D eigenvalue weighted by molar-refractivity contribution is 0.232. The summed E-state index contributed by atoms with van der Waals surface area (Å²) in [5, 5.41) is 5.82. The highest BCUT2D eigenvalue weighted by molar-refractivity contribution is 5.73. The quantitative estimate of drug-likeness (QED) is 0.665. The number of carbonyl (C=O) groups excluding carboxylic acids is 1. The summed E-state index contributed by atoms with van der Waals surface area (Å²) in [5.74, 6) is 2.30. The number of ether oxygens (including phenoxy) is 3. The molecule has 0 spiro atoms. The summed E-state index contributed by atoms with van der Waals surface area (Å²) in [6.07, 6.45) is 0.956. The van der Waals surface area contributed by atoms with Crippen molar-refractivity contribution in [3.63, 3.8) is 0 Å². The first-order chi connectivity index (χ1) is 12.3. The minimum Gasteiger partial charge on any atom is -0.493 e. The largest absolute Gasteiger partial charge is 0.493 e. The van der Waals surface area contributed by atoms with Gasteiger partial charge >= 0.3 is 6.03 Å². The number of hydrogen-bond acceptors (Lipinski definition) is 5. The average Bonchev–Trinajstić information content (AvgIpc) is 2.60. The second-order valence-electron chi connectivity index (χ2n) is 6.76. The van der Waals surface area contributed by atoms with Gasteiger partial charge in [0.05, 0.1) is 27.4 Å². The van der Waals surface area contributed by atoms with E-state index in [1.54, 1.807) is 21.3 Å². The molecule has 0 aromatic heterocycles. The van der Waals surface area contributed by atoms with E-state index in [-0.39, 0.29) is 12.1 Å². The first-order valence-corrected chi connectivity index (χ1v) is 8.82. The molecule has 7 nitrogen and oxygen atoms in total. The third-order valence-electron chi connectivity index (χ3n) is 4.16. The Morgan fingerprint density at radius 2 is 1.62 bits per heavy atom. The van der Waals surface area contributed by atoms with E-state index in [0.717, 1.165) is 12.0 Å². The van der Waals surface area contributed by atoms with Crippen LogP contribution in [-0.4, -0.2) is 59.4 Å². The maximum atomic E-state index is 12.0. The van der Waals surface area contributed by atoms with Crippen molar-refractivity contribution in [2.24, 2.45) is 5.92 Å². The fourth-order valence-corrected chi connectivity index (χ4v) is 2.62. The molecule has 7 heteroatoms. The summed E-state index contributed by atoms with van der Waals surface area (Å²) >= 11 is 0. The van der Waals surface area contributed by atoms with Crippen molar-refractivity contribution >= 4 is 6.03 Å². The molecule has 148 valence electrons. The molecule has 0 aliphatic carbocycles. The molecule has 2 N–H and O–H groups in total. The third-order valence-corrected chi connectivity index (χ3v) is 4.16. The average molecular weight is 367 g/mol. The second-order valence-corrected chi connectivity index (χ2v) is 6.76. The molecule has 0 saturated heterocycles. The second kappa shape index (κ2) is 10.8. The van der Waals surface area contributed by atoms with Crippen LogP contribution < -0.4 is 24.8 Å². The van der Waals surface area contributed by atoms with Crippen LogP contribution in [0.15, 0.2) is 12.1 Å². The molecule has 0 radical (unpaired) electrons. The van der Waals surface area contributed by atoms with Crippen LogP contribution in [0.3, 0.4) is 0 Å². The van der Waals surface area contributed by atoms with Crippen LogP contribution in [0.25, 0.3) is 0 Å². The summed E-state index contributed by atoms with van der Waals surface area (Å²) in [4.78, 5) is 14.1. The first kappa shape index (κ1) is 21.9. The Balaban J connectivity index is 2.88. The highest BCUT2D eigenvalue weighted by Gasteiger charge is 2.21. The van der Waals surface area contributed by atoms with Crippen LogP contribution in [0, 0.1) is 5.92 Å². The van der Waals surface area contributed by atoms with E-state index in [9.17, 15) is 4.79 Å². The molecule has 0 saturated carbocycles. The molecular weight excluding hydrogens is 334 g/mol. The molecule has 1 rings (SSSR count). The Labute approximate surface area is 157 Å². The number of urea groups is 1. The topological polar surface area (TPSA) is 72.1 Å². The smallest absolute Gasteiger partial charge is 0.314 e. The first-order valence-electron chi connectivity index (χ1n) is 8.82. The monoisotopic (exact) mass is 367 g/mol. The number of carbonyl (C=O) groups is 1. The summed E-state index contributed by atoms with van der Waals surface area (Å²) < 4.78 is 16.2. The predicted octanol–water partition coefficient (Wildman–Crippen LogP) is 2.66. The summed E-state index contributed by atoms with van der Waals surface area (Å²) in [5.41, 5.74) is 0.965. The number of hydrogen-bond donors (Lipinski definition) is 2. The van der Waals surface area contributed by atoms with Crippen LogP contribution in [0.1, 0.15) is 31.9 Å². The number of nitrogens with one attached hydrogen (secondary N) is 2. The predicted molar refractivity (Wildman–Crippen MR) is 103 cm³/mol. The zero-order valence-corrected chi connectivity index (χ0v) is 17.0. The fraction of sp³-hybridized carbons (Fsp3) is 0.632. The number of methoxy groups -OCH3 is 3. The fourth-order valence-electron chi connectivity index (χ4n) is 2.62. The van der Waals surface area contributed by atoms with Gasteiger partial charge in [-0.15, -0.1) is 0 Å². The SMILES string of the molecule is COc1cc(C(CNC(=O)NCCC(C)C)N(C)C)cc(OC)c1OC. The Kier molecular flexibility index (Phi) is 9.05.